The fourth-order valence-corrected chi connectivity index (χ4v) is 3.67. The number of amides is 1. The van der Waals surface area contributed by atoms with Crippen molar-refractivity contribution < 1.29 is 14.1 Å². The second-order valence-electron chi connectivity index (χ2n) is 7.09. The minimum Gasteiger partial charge on any atom is -0.378 e. The van der Waals surface area contributed by atoms with Gasteiger partial charge in [-0.05, 0) is 19.3 Å². The fourth-order valence-electron chi connectivity index (χ4n) is 3.67. The van der Waals surface area contributed by atoms with Gasteiger partial charge in [-0.2, -0.15) is 0 Å². The van der Waals surface area contributed by atoms with Crippen molar-refractivity contribution in [3.63, 3.8) is 0 Å². The first-order chi connectivity index (χ1) is 12.8. The minimum atomic E-state index is -0.0853. The molecule has 8 heteroatoms. The number of carbonyl (C=O) groups is 1. The number of fused-ring (bicyclic) bond motifs is 1. The highest BCUT2D eigenvalue weighted by atomic mass is 16.5. The van der Waals surface area contributed by atoms with Crippen LogP contribution in [-0.4, -0.2) is 58.8 Å². The molecule has 1 saturated carbocycles. The van der Waals surface area contributed by atoms with E-state index < -0.39 is 0 Å². The third-order valence-electron chi connectivity index (χ3n) is 5.31. The van der Waals surface area contributed by atoms with E-state index in [0.717, 1.165) is 68.4 Å². The molecule has 0 unspecified atom stereocenters. The maximum absolute atomic E-state index is 12.8. The third kappa shape index (κ3) is 2.84. The van der Waals surface area contributed by atoms with E-state index in [2.05, 4.69) is 20.0 Å². The van der Waals surface area contributed by atoms with Gasteiger partial charge in [-0.3, -0.25) is 4.79 Å². The number of carbonyl (C=O) groups excluding carboxylic acids is 1. The number of ether oxygens (including phenoxy) is 1. The van der Waals surface area contributed by atoms with Crippen LogP contribution in [0.3, 0.4) is 0 Å². The maximum Gasteiger partial charge on any atom is 0.276 e. The van der Waals surface area contributed by atoms with Crippen LogP contribution in [0.2, 0.25) is 0 Å². The van der Waals surface area contributed by atoms with Crippen LogP contribution < -0.4 is 4.90 Å². The summed E-state index contributed by atoms with van der Waals surface area (Å²) in [6, 6.07) is 1.80. The van der Waals surface area contributed by atoms with Gasteiger partial charge in [0.1, 0.15) is 17.9 Å². The Balaban J connectivity index is 1.35. The van der Waals surface area contributed by atoms with E-state index in [1.807, 2.05) is 0 Å². The number of anilines is 1. The standard InChI is InChI=1S/C18H21N5O3/c24-18(14-9-16(26-21-14)12-1-2-12)23-4-3-13-15(10-23)19-11-20-17(13)22-5-7-25-8-6-22/h9,11-12H,1-8,10H2. The van der Waals surface area contributed by atoms with Gasteiger partial charge in [-0.1, -0.05) is 5.16 Å². The Labute approximate surface area is 151 Å². The van der Waals surface area contributed by atoms with Crippen molar-refractivity contribution in [2.75, 3.05) is 37.7 Å². The van der Waals surface area contributed by atoms with Crippen LogP contribution in [0.4, 0.5) is 5.82 Å². The molecule has 0 spiro atoms. The molecular formula is C18H21N5O3. The lowest BCUT2D eigenvalue weighted by molar-refractivity contribution is 0.0721. The number of hydrogen-bond acceptors (Lipinski definition) is 7. The van der Waals surface area contributed by atoms with Crippen molar-refractivity contribution in [3.05, 3.63) is 35.1 Å². The zero-order valence-corrected chi connectivity index (χ0v) is 14.6. The van der Waals surface area contributed by atoms with Gasteiger partial charge in [0.2, 0.25) is 0 Å². The van der Waals surface area contributed by atoms with Crippen molar-refractivity contribution in [2.24, 2.45) is 0 Å². The molecule has 5 rings (SSSR count). The van der Waals surface area contributed by atoms with Gasteiger partial charge in [0.05, 0.1) is 25.5 Å². The molecule has 4 heterocycles. The first kappa shape index (κ1) is 15.7. The van der Waals surface area contributed by atoms with E-state index in [1.165, 1.54) is 0 Å². The topological polar surface area (TPSA) is 84.6 Å². The Kier molecular flexibility index (Phi) is 3.85. The van der Waals surface area contributed by atoms with Crippen molar-refractivity contribution in [1.82, 2.24) is 20.0 Å². The molecule has 8 nitrogen and oxygen atoms in total. The lowest BCUT2D eigenvalue weighted by atomic mass is 10.0. The van der Waals surface area contributed by atoms with Gasteiger partial charge in [-0.25, -0.2) is 9.97 Å². The third-order valence-corrected chi connectivity index (χ3v) is 5.31. The van der Waals surface area contributed by atoms with Crippen LogP contribution in [-0.2, 0) is 17.7 Å². The average molecular weight is 355 g/mol. The predicted molar refractivity (Wildman–Crippen MR) is 92.0 cm³/mol. The molecule has 2 aromatic heterocycles. The molecule has 1 amide bonds. The Bertz CT molecular complexity index is 826. The Morgan fingerprint density at radius 3 is 2.81 bits per heavy atom. The summed E-state index contributed by atoms with van der Waals surface area (Å²) in [6.45, 7) is 4.25. The smallest absolute Gasteiger partial charge is 0.276 e. The molecule has 0 atom stereocenters. The molecular weight excluding hydrogens is 334 g/mol. The zero-order valence-electron chi connectivity index (χ0n) is 14.6. The molecule has 136 valence electrons. The van der Waals surface area contributed by atoms with Crippen LogP contribution >= 0.6 is 0 Å². The van der Waals surface area contributed by atoms with E-state index in [9.17, 15) is 4.79 Å². The quantitative estimate of drug-likeness (QED) is 0.822. The lowest BCUT2D eigenvalue weighted by Gasteiger charge is -2.33. The summed E-state index contributed by atoms with van der Waals surface area (Å²) in [5, 5.41) is 3.98. The predicted octanol–water partition coefficient (Wildman–Crippen LogP) is 1.38. The summed E-state index contributed by atoms with van der Waals surface area (Å²) in [6.07, 6.45) is 4.60. The molecule has 2 fully saturated rings. The van der Waals surface area contributed by atoms with Gasteiger partial charge >= 0.3 is 0 Å². The van der Waals surface area contributed by atoms with Gasteiger partial charge in [0, 0.05) is 37.2 Å². The number of aromatic nitrogens is 3. The van der Waals surface area contributed by atoms with Crippen LogP contribution in [0.5, 0.6) is 0 Å². The Morgan fingerprint density at radius 2 is 2.00 bits per heavy atom. The van der Waals surface area contributed by atoms with Gasteiger partial charge in [0.25, 0.3) is 5.91 Å². The lowest BCUT2D eigenvalue weighted by Crippen LogP contribution is -2.40. The number of nitrogens with zero attached hydrogens (tertiary/aromatic N) is 5. The summed E-state index contributed by atoms with van der Waals surface area (Å²) in [7, 11) is 0. The van der Waals surface area contributed by atoms with Gasteiger partial charge in [0.15, 0.2) is 5.69 Å². The molecule has 2 aliphatic heterocycles. The molecule has 2 aromatic rings. The Hall–Kier alpha value is -2.48. The molecule has 0 bridgehead atoms. The summed E-state index contributed by atoms with van der Waals surface area (Å²) >= 11 is 0. The van der Waals surface area contributed by atoms with Gasteiger partial charge < -0.3 is 19.1 Å². The van der Waals surface area contributed by atoms with Crippen molar-refractivity contribution >= 4 is 11.7 Å². The monoisotopic (exact) mass is 355 g/mol. The second-order valence-corrected chi connectivity index (χ2v) is 7.09. The average Bonchev–Trinajstić information content (AvgIpc) is 3.44. The highest BCUT2D eigenvalue weighted by Crippen LogP contribution is 2.40. The van der Waals surface area contributed by atoms with E-state index in [4.69, 9.17) is 9.26 Å². The van der Waals surface area contributed by atoms with E-state index in [0.29, 0.717) is 24.7 Å². The van der Waals surface area contributed by atoms with Crippen molar-refractivity contribution in [1.29, 1.82) is 0 Å². The van der Waals surface area contributed by atoms with Crippen LogP contribution in [0.25, 0.3) is 0 Å². The van der Waals surface area contributed by atoms with Crippen LogP contribution in [0.15, 0.2) is 16.9 Å². The fraction of sp³-hybridized carbons (Fsp3) is 0.556. The molecule has 0 radical (unpaired) electrons. The second kappa shape index (κ2) is 6.35. The van der Waals surface area contributed by atoms with Gasteiger partial charge in [-0.15, -0.1) is 0 Å². The van der Waals surface area contributed by atoms with Crippen molar-refractivity contribution in [2.45, 2.75) is 31.7 Å². The first-order valence-corrected chi connectivity index (χ1v) is 9.21. The SMILES string of the molecule is O=C(c1cc(C2CC2)on1)N1CCc2c(ncnc2N2CCOCC2)C1. The molecule has 1 aliphatic carbocycles. The summed E-state index contributed by atoms with van der Waals surface area (Å²) in [5.41, 5.74) is 2.47. The van der Waals surface area contributed by atoms with E-state index in [1.54, 1.807) is 17.3 Å². The molecule has 1 saturated heterocycles. The van der Waals surface area contributed by atoms with Crippen molar-refractivity contribution in [3.8, 4) is 0 Å². The number of hydrogen-bond donors (Lipinski definition) is 0. The summed E-state index contributed by atoms with van der Waals surface area (Å²) in [4.78, 5) is 25.8. The molecule has 26 heavy (non-hydrogen) atoms. The normalized spacial score (nSPS) is 20.2. The highest BCUT2D eigenvalue weighted by molar-refractivity contribution is 5.92. The summed E-state index contributed by atoms with van der Waals surface area (Å²) in [5.74, 6) is 2.19. The van der Waals surface area contributed by atoms with Crippen LogP contribution in [0.1, 0.15) is 46.3 Å². The van der Waals surface area contributed by atoms with E-state index >= 15 is 0 Å². The van der Waals surface area contributed by atoms with Crippen LogP contribution in [0, 0.1) is 0 Å². The first-order valence-electron chi connectivity index (χ1n) is 9.21. The zero-order chi connectivity index (χ0) is 17.5. The Morgan fingerprint density at radius 1 is 1.15 bits per heavy atom. The molecule has 0 N–H and O–H groups in total. The summed E-state index contributed by atoms with van der Waals surface area (Å²) < 4.78 is 10.8. The largest absolute Gasteiger partial charge is 0.378 e. The molecule has 0 aromatic carbocycles. The van der Waals surface area contributed by atoms with E-state index in [-0.39, 0.29) is 5.91 Å². The number of rotatable bonds is 3. The number of morpholine rings is 1. The minimum absolute atomic E-state index is 0.0853. The molecule has 3 aliphatic rings. The maximum atomic E-state index is 12.8. The highest BCUT2D eigenvalue weighted by Gasteiger charge is 2.32.